The summed E-state index contributed by atoms with van der Waals surface area (Å²) in [5.41, 5.74) is 5.06. The molecular formula is C6H12N2O4. The van der Waals surface area contributed by atoms with E-state index in [1.165, 1.54) is 0 Å². The molecule has 0 aromatic heterocycles. The molecule has 0 rings (SSSR count). The monoisotopic (exact) mass is 176 g/mol. The summed E-state index contributed by atoms with van der Waals surface area (Å²) in [6, 6.07) is 0. The first kappa shape index (κ1) is 10.9. The van der Waals surface area contributed by atoms with Crippen LogP contribution in [0.5, 0.6) is 0 Å². The number of hydrogen-bond acceptors (Lipinski definition) is 4. The summed E-state index contributed by atoms with van der Waals surface area (Å²) in [7, 11) is 0. The Bertz CT molecular complexity index is 171. The van der Waals surface area contributed by atoms with Gasteiger partial charge in [-0.15, -0.1) is 0 Å². The van der Waals surface area contributed by atoms with Gasteiger partial charge in [0.15, 0.2) is 6.10 Å². The summed E-state index contributed by atoms with van der Waals surface area (Å²) in [5.74, 6) is -1.72. The van der Waals surface area contributed by atoms with Gasteiger partial charge in [-0.1, -0.05) is 0 Å². The van der Waals surface area contributed by atoms with Crippen molar-refractivity contribution in [3.8, 4) is 0 Å². The van der Waals surface area contributed by atoms with Crippen molar-refractivity contribution >= 4 is 11.9 Å². The third-order valence-corrected chi connectivity index (χ3v) is 1.15. The van der Waals surface area contributed by atoms with Crippen LogP contribution in [0.1, 0.15) is 6.42 Å². The second-order valence-electron chi connectivity index (χ2n) is 2.20. The number of aliphatic carboxylic acids is 1. The SMILES string of the molecule is NCCC(=O)NC[C@H](O)C(=O)O. The van der Waals surface area contributed by atoms with Gasteiger partial charge in [0.1, 0.15) is 0 Å². The first-order chi connectivity index (χ1) is 5.57. The van der Waals surface area contributed by atoms with Gasteiger partial charge in [0.05, 0.1) is 6.54 Å². The Labute approximate surface area is 69.4 Å². The number of carboxylic acid groups (broad SMARTS) is 1. The Morgan fingerprint density at radius 3 is 2.50 bits per heavy atom. The number of amides is 1. The van der Waals surface area contributed by atoms with E-state index in [1.807, 2.05) is 0 Å². The largest absolute Gasteiger partial charge is 0.479 e. The maximum absolute atomic E-state index is 10.7. The molecular weight excluding hydrogens is 164 g/mol. The van der Waals surface area contributed by atoms with Crippen molar-refractivity contribution in [1.29, 1.82) is 0 Å². The summed E-state index contributed by atoms with van der Waals surface area (Å²) >= 11 is 0. The van der Waals surface area contributed by atoms with E-state index in [9.17, 15) is 9.59 Å². The Morgan fingerprint density at radius 1 is 1.50 bits per heavy atom. The van der Waals surface area contributed by atoms with Crippen LogP contribution in [0.2, 0.25) is 0 Å². The van der Waals surface area contributed by atoms with Crippen molar-refractivity contribution in [3.63, 3.8) is 0 Å². The number of carboxylic acids is 1. The normalized spacial score (nSPS) is 12.2. The van der Waals surface area contributed by atoms with Crippen LogP contribution < -0.4 is 11.1 Å². The molecule has 0 unspecified atom stereocenters. The van der Waals surface area contributed by atoms with Crippen molar-refractivity contribution in [2.75, 3.05) is 13.1 Å². The van der Waals surface area contributed by atoms with E-state index in [4.69, 9.17) is 15.9 Å². The Hall–Kier alpha value is -1.14. The van der Waals surface area contributed by atoms with E-state index in [2.05, 4.69) is 5.32 Å². The van der Waals surface area contributed by atoms with E-state index < -0.39 is 12.1 Å². The van der Waals surface area contributed by atoms with Crippen molar-refractivity contribution in [2.24, 2.45) is 5.73 Å². The van der Waals surface area contributed by atoms with Crippen molar-refractivity contribution in [2.45, 2.75) is 12.5 Å². The van der Waals surface area contributed by atoms with Crippen LogP contribution in [-0.4, -0.2) is 41.3 Å². The molecule has 0 fully saturated rings. The smallest absolute Gasteiger partial charge is 0.334 e. The lowest BCUT2D eigenvalue weighted by molar-refractivity contribution is -0.146. The topological polar surface area (TPSA) is 113 Å². The molecule has 70 valence electrons. The lowest BCUT2D eigenvalue weighted by atomic mass is 10.3. The summed E-state index contributed by atoms with van der Waals surface area (Å²) < 4.78 is 0. The Balaban J connectivity index is 3.54. The molecule has 0 aromatic rings. The maximum atomic E-state index is 10.7. The molecule has 0 bridgehead atoms. The minimum atomic E-state index is -1.55. The van der Waals surface area contributed by atoms with E-state index in [0.29, 0.717) is 0 Å². The molecule has 6 nitrogen and oxygen atoms in total. The predicted molar refractivity (Wildman–Crippen MR) is 40.3 cm³/mol. The molecule has 6 heteroatoms. The Morgan fingerprint density at radius 2 is 2.08 bits per heavy atom. The number of rotatable bonds is 5. The summed E-state index contributed by atoms with van der Waals surface area (Å²) in [6.07, 6.45) is -1.42. The molecule has 0 radical (unpaired) electrons. The molecule has 12 heavy (non-hydrogen) atoms. The average Bonchev–Trinajstić information content (AvgIpc) is 2.00. The van der Waals surface area contributed by atoms with Gasteiger partial charge in [-0.25, -0.2) is 4.79 Å². The number of aliphatic hydroxyl groups is 1. The third-order valence-electron chi connectivity index (χ3n) is 1.15. The highest BCUT2D eigenvalue weighted by Crippen LogP contribution is 1.81. The molecule has 1 amide bonds. The number of carbonyl (C=O) groups excluding carboxylic acids is 1. The van der Waals surface area contributed by atoms with Gasteiger partial charge >= 0.3 is 5.97 Å². The lowest BCUT2D eigenvalue weighted by Gasteiger charge is -2.06. The molecule has 0 saturated carbocycles. The fourth-order valence-corrected chi connectivity index (χ4v) is 0.517. The van der Waals surface area contributed by atoms with E-state index in [0.717, 1.165) is 0 Å². The zero-order chi connectivity index (χ0) is 9.56. The highest BCUT2D eigenvalue weighted by Gasteiger charge is 2.13. The van der Waals surface area contributed by atoms with Gasteiger partial charge in [-0.2, -0.15) is 0 Å². The van der Waals surface area contributed by atoms with Crippen LogP contribution in [0, 0.1) is 0 Å². The fourth-order valence-electron chi connectivity index (χ4n) is 0.517. The van der Waals surface area contributed by atoms with Crippen LogP contribution in [0.15, 0.2) is 0 Å². The third kappa shape index (κ3) is 4.64. The van der Waals surface area contributed by atoms with Gasteiger partial charge < -0.3 is 21.3 Å². The number of aliphatic hydroxyl groups excluding tert-OH is 1. The maximum Gasteiger partial charge on any atom is 0.334 e. The van der Waals surface area contributed by atoms with Crippen LogP contribution in [0.25, 0.3) is 0 Å². The standard InChI is InChI=1S/C6H12N2O4/c7-2-1-5(10)8-3-4(9)6(11)12/h4,9H,1-3,7H2,(H,8,10)(H,11,12)/t4-/m0/s1. The molecule has 0 spiro atoms. The highest BCUT2D eigenvalue weighted by molar-refractivity contribution is 5.78. The minimum Gasteiger partial charge on any atom is -0.479 e. The average molecular weight is 176 g/mol. The van der Waals surface area contributed by atoms with Crippen LogP contribution >= 0.6 is 0 Å². The van der Waals surface area contributed by atoms with Gasteiger partial charge in [0, 0.05) is 13.0 Å². The summed E-state index contributed by atoms with van der Waals surface area (Å²) in [5, 5.41) is 19.1. The number of hydrogen-bond donors (Lipinski definition) is 4. The predicted octanol–water partition coefficient (Wildman–Crippen LogP) is -2.10. The molecule has 0 aliphatic carbocycles. The molecule has 0 saturated heterocycles. The zero-order valence-corrected chi connectivity index (χ0v) is 6.49. The molecule has 0 aliphatic heterocycles. The van der Waals surface area contributed by atoms with Crippen LogP contribution in [0.3, 0.4) is 0 Å². The zero-order valence-electron chi connectivity index (χ0n) is 6.49. The molecule has 1 atom stereocenters. The second-order valence-corrected chi connectivity index (χ2v) is 2.20. The van der Waals surface area contributed by atoms with E-state index in [1.54, 1.807) is 0 Å². The minimum absolute atomic E-state index is 0.131. The number of nitrogens with two attached hydrogens (primary N) is 1. The van der Waals surface area contributed by atoms with E-state index in [-0.39, 0.29) is 25.4 Å². The fraction of sp³-hybridized carbons (Fsp3) is 0.667. The number of nitrogens with one attached hydrogen (secondary N) is 1. The lowest BCUT2D eigenvalue weighted by Crippen LogP contribution is -2.37. The quantitative estimate of drug-likeness (QED) is 0.383. The summed E-state index contributed by atoms with van der Waals surface area (Å²) in [4.78, 5) is 20.7. The Kier molecular flexibility index (Phi) is 4.98. The van der Waals surface area contributed by atoms with Gasteiger partial charge in [0.25, 0.3) is 0 Å². The first-order valence-corrected chi connectivity index (χ1v) is 3.45. The van der Waals surface area contributed by atoms with Crippen molar-refractivity contribution in [3.05, 3.63) is 0 Å². The first-order valence-electron chi connectivity index (χ1n) is 3.45. The molecule has 5 N–H and O–H groups in total. The van der Waals surface area contributed by atoms with Gasteiger partial charge in [-0.05, 0) is 0 Å². The van der Waals surface area contributed by atoms with E-state index >= 15 is 0 Å². The molecule has 0 aliphatic rings. The van der Waals surface area contributed by atoms with Gasteiger partial charge in [-0.3, -0.25) is 4.79 Å². The van der Waals surface area contributed by atoms with Crippen molar-refractivity contribution in [1.82, 2.24) is 5.32 Å². The summed E-state index contributed by atoms with van der Waals surface area (Å²) in [6.45, 7) is -0.0802. The van der Waals surface area contributed by atoms with Crippen molar-refractivity contribution < 1.29 is 19.8 Å². The molecule has 0 aromatic carbocycles. The number of carbonyl (C=O) groups is 2. The molecule has 0 heterocycles. The highest BCUT2D eigenvalue weighted by atomic mass is 16.4. The van der Waals surface area contributed by atoms with Gasteiger partial charge in [0.2, 0.25) is 5.91 Å². The van der Waals surface area contributed by atoms with Crippen LogP contribution in [-0.2, 0) is 9.59 Å². The second kappa shape index (κ2) is 5.50. The van der Waals surface area contributed by atoms with Crippen LogP contribution in [0.4, 0.5) is 0 Å².